The Hall–Kier alpha value is -2.49. The summed E-state index contributed by atoms with van der Waals surface area (Å²) in [6.07, 6.45) is 5.35. The van der Waals surface area contributed by atoms with E-state index in [9.17, 15) is 14.7 Å². The predicted molar refractivity (Wildman–Crippen MR) is 121 cm³/mol. The molecule has 2 aromatic carbocycles. The summed E-state index contributed by atoms with van der Waals surface area (Å²) in [6, 6.07) is 17.2. The maximum atomic E-state index is 12.5. The van der Waals surface area contributed by atoms with Crippen LogP contribution in [0.4, 0.5) is 4.79 Å². The zero-order valence-electron chi connectivity index (χ0n) is 18.5. The van der Waals surface area contributed by atoms with Crippen LogP contribution in [-0.2, 0) is 11.2 Å². The maximum absolute atomic E-state index is 12.5. The van der Waals surface area contributed by atoms with Gasteiger partial charge in [0.05, 0.1) is 18.1 Å². The first-order valence-electron chi connectivity index (χ1n) is 10.3. The molecule has 0 fully saturated rings. The molecule has 33 heavy (non-hydrogen) atoms. The first kappa shape index (κ1) is 25.1. The van der Waals surface area contributed by atoms with E-state index in [2.05, 4.69) is 20.6 Å². The first-order valence-corrected chi connectivity index (χ1v) is 10.3. The Balaban J connectivity index is 0.00000306. The molecular formula is C25H23KN4O3. The van der Waals surface area contributed by atoms with E-state index in [4.69, 9.17) is 0 Å². The molecule has 1 unspecified atom stereocenters. The van der Waals surface area contributed by atoms with E-state index in [1.807, 2.05) is 67.6 Å². The van der Waals surface area contributed by atoms with Crippen molar-refractivity contribution in [1.29, 1.82) is 0 Å². The normalized spacial score (nSPS) is 12.4. The molecule has 4 rings (SSSR count). The quantitative estimate of drug-likeness (QED) is 0.332. The van der Waals surface area contributed by atoms with Gasteiger partial charge in [-0.25, -0.2) is 4.79 Å². The van der Waals surface area contributed by atoms with Crippen molar-refractivity contribution >= 4 is 22.9 Å². The fourth-order valence-electron chi connectivity index (χ4n) is 3.70. The Morgan fingerprint density at radius 3 is 2.33 bits per heavy atom. The van der Waals surface area contributed by atoms with Gasteiger partial charge in [-0.05, 0) is 47.4 Å². The number of nitrogens with one attached hydrogen (secondary N) is 3. The van der Waals surface area contributed by atoms with E-state index in [0.717, 1.165) is 33.2 Å². The van der Waals surface area contributed by atoms with E-state index in [0.29, 0.717) is 0 Å². The molecule has 0 spiro atoms. The smallest absolute Gasteiger partial charge is 0.548 e. The van der Waals surface area contributed by atoms with Gasteiger partial charge in [-0.15, -0.1) is 0 Å². The number of pyridine rings is 1. The summed E-state index contributed by atoms with van der Waals surface area (Å²) in [6.45, 7) is 1.84. The van der Waals surface area contributed by atoms with Crippen molar-refractivity contribution < 1.29 is 66.1 Å². The predicted octanol–water partition coefficient (Wildman–Crippen LogP) is -0.0447. The van der Waals surface area contributed by atoms with Crippen molar-refractivity contribution in [3.8, 4) is 11.1 Å². The number of carbonyl (C=O) groups excluding carboxylic acids is 2. The molecule has 0 aliphatic carbocycles. The molecular weight excluding hydrogens is 443 g/mol. The van der Waals surface area contributed by atoms with Crippen LogP contribution in [0.1, 0.15) is 24.1 Å². The van der Waals surface area contributed by atoms with Crippen LogP contribution in [0.2, 0.25) is 0 Å². The molecule has 7 nitrogen and oxygen atoms in total. The van der Waals surface area contributed by atoms with Crippen LogP contribution in [-0.4, -0.2) is 28.0 Å². The van der Waals surface area contributed by atoms with Gasteiger partial charge in [0.25, 0.3) is 0 Å². The molecule has 2 aromatic heterocycles. The van der Waals surface area contributed by atoms with Crippen LogP contribution in [0.25, 0.3) is 22.0 Å². The fraction of sp³-hybridized carbons (Fsp3) is 0.160. The number of hydrogen-bond acceptors (Lipinski definition) is 4. The number of hydrogen-bond donors (Lipinski definition) is 3. The Bertz CT molecular complexity index is 1230. The number of amides is 2. The first-order chi connectivity index (χ1) is 15.5. The van der Waals surface area contributed by atoms with Gasteiger partial charge in [-0.1, -0.05) is 42.5 Å². The number of aliphatic carboxylic acids is 1. The molecule has 2 heterocycles. The van der Waals surface area contributed by atoms with Gasteiger partial charge in [-0.2, -0.15) is 0 Å². The largest absolute Gasteiger partial charge is 1.00 e. The average Bonchev–Trinajstić information content (AvgIpc) is 3.22. The molecule has 2 amide bonds. The number of fused-ring (bicyclic) bond motifs is 1. The maximum Gasteiger partial charge on any atom is 1.00 e. The van der Waals surface area contributed by atoms with Crippen molar-refractivity contribution in [1.82, 2.24) is 20.6 Å². The van der Waals surface area contributed by atoms with Crippen molar-refractivity contribution in [2.24, 2.45) is 0 Å². The minimum atomic E-state index is -1.33. The van der Waals surface area contributed by atoms with Crippen molar-refractivity contribution in [3.05, 3.63) is 90.4 Å². The van der Waals surface area contributed by atoms with Gasteiger partial charge in [0.2, 0.25) is 0 Å². The van der Waals surface area contributed by atoms with E-state index in [-0.39, 0.29) is 63.8 Å². The third-order valence-corrected chi connectivity index (χ3v) is 5.46. The van der Waals surface area contributed by atoms with Gasteiger partial charge in [-0.3, -0.25) is 4.98 Å². The number of aromatic amines is 1. The molecule has 8 heteroatoms. The molecule has 0 bridgehead atoms. The van der Waals surface area contributed by atoms with E-state index in [1.54, 1.807) is 18.6 Å². The molecule has 0 radical (unpaired) electrons. The standard InChI is InChI=1S/C25H24N4O3.K/c1-16(17-6-8-18(9-7-17)19-10-12-26-13-11-19)28-25(32)29-23(24(30)31)14-20-15-27-22-5-3-2-4-21(20)22;/h2-13,15-16,23,27H,14H2,1H3,(H,30,31)(H2,28,29,32);/q;+1/p-1/t16?,23-;/m0./s1. The molecule has 3 N–H and O–H groups in total. The number of aromatic nitrogens is 2. The molecule has 4 aromatic rings. The number of carboxylic acid groups (broad SMARTS) is 1. The number of rotatable bonds is 7. The molecule has 0 aliphatic heterocycles. The Kier molecular flexibility index (Phi) is 8.82. The number of carbonyl (C=O) groups is 2. The van der Waals surface area contributed by atoms with Gasteiger partial charge < -0.3 is 25.5 Å². The topological polar surface area (TPSA) is 110 Å². The number of H-pyrrole nitrogens is 1. The summed E-state index contributed by atoms with van der Waals surface area (Å²) in [5, 5.41) is 17.9. The molecule has 0 aliphatic rings. The van der Waals surface area contributed by atoms with Gasteiger partial charge >= 0.3 is 57.4 Å². The minimum absolute atomic E-state index is 0. The summed E-state index contributed by atoms with van der Waals surface area (Å²) < 4.78 is 0. The van der Waals surface area contributed by atoms with Gasteiger partial charge in [0.15, 0.2) is 0 Å². The van der Waals surface area contributed by atoms with Crippen LogP contribution in [0, 0.1) is 0 Å². The van der Waals surface area contributed by atoms with E-state index >= 15 is 0 Å². The fourth-order valence-corrected chi connectivity index (χ4v) is 3.70. The average molecular weight is 467 g/mol. The van der Waals surface area contributed by atoms with Gasteiger partial charge in [0, 0.05) is 35.9 Å². The van der Waals surface area contributed by atoms with Crippen molar-refractivity contribution in [2.45, 2.75) is 25.4 Å². The Morgan fingerprint density at radius 1 is 0.970 bits per heavy atom. The van der Waals surface area contributed by atoms with Crippen molar-refractivity contribution in [3.63, 3.8) is 0 Å². The molecule has 0 saturated heterocycles. The SMILES string of the molecule is CC(NC(=O)N[C@@H](Cc1c[nH]c2ccccc12)C(=O)[O-])c1ccc(-c2ccncc2)cc1.[K+]. The van der Waals surface area contributed by atoms with Crippen LogP contribution in [0.3, 0.4) is 0 Å². The second kappa shape index (κ2) is 11.6. The van der Waals surface area contributed by atoms with Crippen molar-refractivity contribution in [2.75, 3.05) is 0 Å². The Morgan fingerprint density at radius 2 is 1.64 bits per heavy atom. The molecule has 2 atom stereocenters. The zero-order valence-corrected chi connectivity index (χ0v) is 21.7. The van der Waals surface area contributed by atoms with Crippen LogP contribution < -0.4 is 67.1 Å². The number of carboxylic acids is 1. The number of nitrogens with zero attached hydrogens (tertiary/aromatic N) is 1. The monoisotopic (exact) mass is 466 g/mol. The second-order valence-corrected chi connectivity index (χ2v) is 7.63. The van der Waals surface area contributed by atoms with E-state index in [1.165, 1.54) is 0 Å². The molecule has 0 saturated carbocycles. The summed E-state index contributed by atoms with van der Waals surface area (Å²) in [4.78, 5) is 31.3. The van der Waals surface area contributed by atoms with Crippen LogP contribution in [0.15, 0.2) is 79.3 Å². The number of urea groups is 1. The third-order valence-electron chi connectivity index (χ3n) is 5.46. The minimum Gasteiger partial charge on any atom is -0.548 e. The zero-order chi connectivity index (χ0) is 22.5. The summed E-state index contributed by atoms with van der Waals surface area (Å²) >= 11 is 0. The van der Waals surface area contributed by atoms with E-state index < -0.39 is 18.0 Å². The summed E-state index contributed by atoms with van der Waals surface area (Å²) in [5.74, 6) is -1.33. The Labute approximate surface area is 234 Å². The molecule has 162 valence electrons. The summed E-state index contributed by atoms with van der Waals surface area (Å²) in [5.41, 5.74) is 4.71. The number of para-hydroxylation sites is 1. The van der Waals surface area contributed by atoms with Crippen LogP contribution >= 0.6 is 0 Å². The third kappa shape index (κ3) is 6.30. The number of benzene rings is 2. The summed E-state index contributed by atoms with van der Waals surface area (Å²) in [7, 11) is 0. The van der Waals surface area contributed by atoms with Gasteiger partial charge in [0.1, 0.15) is 0 Å². The van der Waals surface area contributed by atoms with Crippen LogP contribution in [0.5, 0.6) is 0 Å². The second-order valence-electron chi connectivity index (χ2n) is 7.63.